The van der Waals surface area contributed by atoms with Gasteiger partial charge in [0.1, 0.15) is 12.4 Å². The maximum atomic E-state index is 12.2. The van der Waals surface area contributed by atoms with Gasteiger partial charge in [0.25, 0.3) is 0 Å². The Bertz CT molecular complexity index is 965. The Balaban J connectivity index is 1.89. The zero-order valence-electron chi connectivity index (χ0n) is 15.1. The van der Waals surface area contributed by atoms with Crippen LogP contribution in [0.15, 0.2) is 54.6 Å². The van der Waals surface area contributed by atoms with Crippen LogP contribution in [-0.4, -0.2) is 36.6 Å². The summed E-state index contributed by atoms with van der Waals surface area (Å²) in [6.45, 7) is -0.286. The lowest BCUT2D eigenvalue weighted by Gasteiger charge is -2.20. The first kappa shape index (κ1) is 23.3. The summed E-state index contributed by atoms with van der Waals surface area (Å²) in [4.78, 5) is 30.7. The molecule has 0 heterocycles. The first-order chi connectivity index (χ1) is 13.6. The fraction of sp³-hybridized carbons (Fsp3) is 0.235. The fourth-order valence-corrected chi connectivity index (χ4v) is 4.95. The molecule has 0 fully saturated rings. The van der Waals surface area contributed by atoms with Gasteiger partial charge < -0.3 is 19.8 Å². The van der Waals surface area contributed by atoms with Crippen LogP contribution in [0, 0.1) is 0 Å². The highest BCUT2D eigenvalue weighted by molar-refractivity contribution is 7.89. The minimum Gasteiger partial charge on any atom is -0.445 e. The second-order valence-corrected chi connectivity index (χ2v) is 9.97. The number of alkyl carbamates (subject to hydrolysis) is 1. The smallest absolute Gasteiger partial charge is 0.407 e. The average molecular weight is 463 g/mol. The molecule has 1 atom stereocenters. The summed E-state index contributed by atoms with van der Waals surface area (Å²) in [6, 6.07) is 14.3. The Kier molecular flexibility index (Phi) is 8.21. The maximum Gasteiger partial charge on any atom is 0.407 e. The first-order valence-electron chi connectivity index (χ1n) is 8.32. The largest absolute Gasteiger partial charge is 0.445 e. The van der Waals surface area contributed by atoms with Gasteiger partial charge in [-0.15, -0.1) is 0 Å². The van der Waals surface area contributed by atoms with E-state index in [4.69, 9.17) is 16.3 Å². The summed E-state index contributed by atoms with van der Waals surface area (Å²) < 4.78 is 43.1. The van der Waals surface area contributed by atoms with Crippen LogP contribution in [0.1, 0.15) is 16.9 Å². The SMILES string of the molecule is O=C(NCCS(=O)(=O)NC(c1ccc(Cl)cc1)P(=O)(O)O)OCc1ccccc1. The monoisotopic (exact) mass is 462 g/mol. The maximum absolute atomic E-state index is 12.2. The van der Waals surface area contributed by atoms with E-state index in [1.54, 1.807) is 24.3 Å². The molecule has 0 aliphatic rings. The second kappa shape index (κ2) is 10.2. The number of carbonyl (C=O) groups excluding carboxylic acids is 1. The van der Waals surface area contributed by atoms with E-state index in [9.17, 15) is 27.6 Å². The average Bonchev–Trinajstić information content (AvgIpc) is 2.65. The van der Waals surface area contributed by atoms with Gasteiger partial charge in [-0.05, 0) is 23.3 Å². The Morgan fingerprint density at radius 2 is 1.72 bits per heavy atom. The van der Waals surface area contributed by atoms with Crippen molar-refractivity contribution in [2.45, 2.75) is 12.4 Å². The first-order valence-corrected chi connectivity index (χ1v) is 12.0. The van der Waals surface area contributed by atoms with Gasteiger partial charge in [0.2, 0.25) is 10.0 Å². The molecule has 0 aliphatic carbocycles. The lowest BCUT2D eigenvalue weighted by atomic mass is 10.2. The quantitative estimate of drug-likeness (QED) is 0.419. The summed E-state index contributed by atoms with van der Waals surface area (Å²) in [6.07, 6.45) is -0.812. The Morgan fingerprint density at radius 1 is 1.10 bits per heavy atom. The molecule has 0 spiro atoms. The third kappa shape index (κ3) is 8.14. The topological polar surface area (TPSA) is 142 Å². The molecule has 29 heavy (non-hydrogen) atoms. The molecular weight excluding hydrogens is 443 g/mol. The van der Waals surface area contributed by atoms with Crippen LogP contribution in [-0.2, 0) is 25.9 Å². The molecule has 158 valence electrons. The molecule has 2 aromatic carbocycles. The van der Waals surface area contributed by atoms with Crippen LogP contribution < -0.4 is 10.0 Å². The Morgan fingerprint density at radius 3 is 2.31 bits per heavy atom. The number of nitrogens with one attached hydrogen (secondary N) is 2. The molecule has 0 bridgehead atoms. The zero-order valence-corrected chi connectivity index (χ0v) is 17.5. The molecule has 0 aromatic heterocycles. The summed E-state index contributed by atoms with van der Waals surface area (Å²) >= 11 is 5.74. The highest BCUT2D eigenvalue weighted by atomic mass is 35.5. The minimum atomic E-state index is -4.85. The number of carbonyl (C=O) groups is 1. The van der Waals surface area contributed by atoms with Crippen LogP contribution >= 0.6 is 19.2 Å². The van der Waals surface area contributed by atoms with Gasteiger partial charge in [0.05, 0.1) is 5.75 Å². The lowest BCUT2D eigenvalue weighted by Crippen LogP contribution is -2.36. The van der Waals surface area contributed by atoms with E-state index in [0.29, 0.717) is 5.02 Å². The van der Waals surface area contributed by atoms with E-state index in [2.05, 4.69) is 5.32 Å². The molecule has 1 amide bonds. The van der Waals surface area contributed by atoms with Gasteiger partial charge in [-0.25, -0.2) is 13.2 Å². The molecule has 0 saturated heterocycles. The van der Waals surface area contributed by atoms with Gasteiger partial charge in [-0.1, -0.05) is 54.1 Å². The van der Waals surface area contributed by atoms with Crippen molar-refractivity contribution in [3.05, 3.63) is 70.7 Å². The third-order valence-electron chi connectivity index (χ3n) is 3.67. The molecular formula is C17H20ClN2O7PS. The van der Waals surface area contributed by atoms with Crippen LogP contribution in [0.25, 0.3) is 0 Å². The number of halogens is 1. The third-order valence-corrected chi connectivity index (χ3v) is 6.53. The van der Waals surface area contributed by atoms with Crippen molar-refractivity contribution in [2.75, 3.05) is 12.3 Å². The van der Waals surface area contributed by atoms with Gasteiger partial charge in [0.15, 0.2) is 0 Å². The predicted octanol–water partition coefficient (Wildman–Crippen LogP) is 2.36. The summed E-state index contributed by atoms with van der Waals surface area (Å²) in [5, 5.41) is 2.61. The van der Waals surface area contributed by atoms with Crippen molar-refractivity contribution in [1.29, 1.82) is 0 Å². The molecule has 12 heteroatoms. The molecule has 0 radical (unpaired) electrons. The van der Waals surface area contributed by atoms with Crippen LogP contribution in [0.4, 0.5) is 4.79 Å². The van der Waals surface area contributed by atoms with Crippen LogP contribution in [0.5, 0.6) is 0 Å². The summed E-state index contributed by atoms with van der Waals surface area (Å²) in [5.41, 5.74) is 0.825. The number of sulfonamides is 1. The normalized spacial score (nSPS) is 12.9. The molecule has 4 N–H and O–H groups in total. The second-order valence-electron chi connectivity index (χ2n) is 5.97. The van der Waals surface area contributed by atoms with E-state index in [0.717, 1.165) is 5.56 Å². The van der Waals surface area contributed by atoms with E-state index in [-0.39, 0.29) is 18.7 Å². The molecule has 9 nitrogen and oxygen atoms in total. The standard InChI is InChI=1S/C17H20ClN2O7PS/c18-15-8-6-14(7-9-15)16(28(22,23)24)20-29(25,26)11-10-19-17(21)27-12-13-4-2-1-3-5-13/h1-9,16,20H,10-12H2,(H,19,21)(H2,22,23,24). The number of amides is 1. The van der Waals surface area contributed by atoms with E-state index >= 15 is 0 Å². The van der Waals surface area contributed by atoms with E-state index < -0.39 is 35.2 Å². The molecule has 0 aliphatic heterocycles. The number of benzene rings is 2. The van der Waals surface area contributed by atoms with Crippen LogP contribution in [0.2, 0.25) is 5.02 Å². The van der Waals surface area contributed by atoms with Crippen molar-refractivity contribution in [3.63, 3.8) is 0 Å². The molecule has 1 unspecified atom stereocenters. The molecule has 2 aromatic rings. The van der Waals surface area contributed by atoms with Crippen molar-refractivity contribution >= 4 is 35.3 Å². The van der Waals surface area contributed by atoms with Crippen molar-refractivity contribution in [3.8, 4) is 0 Å². The van der Waals surface area contributed by atoms with E-state index in [1.807, 2.05) is 10.8 Å². The van der Waals surface area contributed by atoms with Gasteiger partial charge in [-0.2, -0.15) is 4.72 Å². The summed E-state index contributed by atoms with van der Waals surface area (Å²) in [7, 11) is -8.98. The van der Waals surface area contributed by atoms with Crippen molar-refractivity contribution < 1.29 is 32.3 Å². The Hall–Kier alpha value is -1.94. The van der Waals surface area contributed by atoms with Crippen molar-refractivity contribution in [2.24, 2.45) is 0 Å². The highest BCUT2D eigenvalue weighted by Gasteiger charge is 2.34. The number of hydrogen-bond donors (Lipinski definition) is 4. The van der Waals surface area contributed by atoms with E-state index in [1.165, 1.54) is 24.3 Å². The highest BCUT2D eigenvalue weighted by Crippen LogP contribution is 2.50. The fourth-order valence-electron chi connectivity index (χ4n) is 2.27. The predicted molar refractivity (Wildman–Crippen MR) is 108 cm³/mol. The summed E-state index contributed by atoms with van der Waals surface area (Å²) in [5.74, 6) is -2.37. The minimum absolute atomic E-state index is 0.0223. The Labute approximate surface area is 173 Å². The van der Waals surface area contributed by atoms with Crippen molar-refractivity contribution in [1.82, 2.24) is 10.0 Å². The number of ether oxygens (including phenoxy) is 1. The molecule has 2 rings (SSSR count). The van der Waals surface area contributed by atoms with Crippen LogP contribution in [0.3, 0.4) is 0 Å². The lowest BCUT2D eigenvalue weighted by molar-refractivity contribution is 0.140. The van der Waals surface area contributed by atoms with Gasteiger partial charge >= 0.3 is 13.7 Å². The number of rotatable bonds is 9. The molecule has 0 saturated carbocycles. The number of hydrogen-bond acceptors (Lipinski definition) is 5. The van der Waals surface area contributed by atoms with Gasteiger partial charge in [-0.3, -0.25) is 4.57 Å². The van der Waals surface area contributed by atoms with Gasteiger partial charge in [0, 0.05) is 11.6 Å². The zero-order chi connectivity index (χ0) is 21.5.